The highest BCUT2D eigenvalue weighted by molar-refractivity contribution is 5.85. The molecule has 0 atom stereocenters. The van der Waals surface area contributed by atoms with Gasteiger partial charge in [0.25, 0.3) is 6.67 Å². The maximum atomic E-state index is 5.15. The molecule has 0 saturated heterocycles. The van der Waals surface area contributed by atoms with Crippen LogP contribution < -0.4 is 4.90 Å². The van der Waals surface area contributed by atoms with Crippen molar-refractivity contribution in [1.29, 1.82) is 0 Å². The van der Waals surface area contributed by atoms with E-state index in [4.69, 9.17) is 4.84 Å². The van der Waals surface area contributed by atoms with Crippen LogP contribution in [0.15, 0.2) is 24.3 Å². The largest absolute Gasteiger partial charge is 0.316 e. The van der Waals surface area contributed by atoms with Crippen LogP contribution in [0.1, 0.15) is 5.56 Å². The third-order valence-corrected chi connectivity index (χ3v) is 2.22. The molecule has 1 aliphatic rings. The summed E-state index contributed by atoms with van der Waals surface area (Å²) >= 11 is 0. The highest BCUT2D eigenvalue weighted by Gasteiger charge is 2.19. The molecule has 0 aliphatic carbocycles. The molecule has 1 aliphatic heterocycles. The number of nitrogens with zero attached hydrogens (tertiary/aromatic N) is 2. The molecular weight excluding hydrogens is 164 g/mol. The third kappa shape index (κ3) is 1.37. The summed E-state index contributed by atoms with van der Waals surface area (Å²) in [6, 6.07) is 8.27. The van der Waals surface area contributed by atoms with Crippen molar-refractivity contribution >= 4 is 11.9 Å². The minimum Gasteiger partial charge on any atom is -0.316 e. The standard InChI is InChI=1S/C10H13N2O/c1-11-8-12(13-2)7-9-5-3-4-6-10(9)11/h3-7H,8H2,1-2H3/q+1. The number of rotatable bonds is 1. The smallest absolute Gasteiger partial charge is 0.267 e. The fourth-order valence-electron chi connectivity index (χ4n) is 1.54. The van der Waals surface area contributed by atoms with Crippen LogP contribution in [-0.4, -0.2) is 31.8 Å². The molecule has 68 valence electrons. The molecule has 2 rings (SSSR count). The number of anilines is 1. The topological polar surface area (TPSA) is 15.5 Å². The summed E-state index contributed by atoms with van der Waals surface area (Å²) in [6.45, 7) is 0.771. The Kier molecular flexibility index (Phi) is 1.93. The molecule has 0 unspecified atom stereocenters. The summed E-state index contributed by atoms with van der Waals surface area (Å²) < 4.78 is 1.81. The zero-order valence-corrected chi connectivity index (χ0v) is 7.90. The summed E-state index contributed by atoms with van der Waals surface area (Å²) in [7, 11) is 3.73. The van der Waals surface area contributed by atoms with Crippen LogP contribution in [0.2, 0.25) is 0 Å². The minimum absolute atomic E-state index is 0.771. The lowest BCUT2D eigenvalue weighted by atomic mass is 10.1. The average molecular weight is 177 g/mol. The van der Waals surface area contributed by atoms with Gasteiger partial charge in [0.2, 0.25) is 6.21 Å². The van der Waals surface area contributed by atoms with Crippen molar-refractivity contribution in [2.75, 3.05) is 25.7 Å². The van der Waals surface area contributed by atoms with Gasteiger partial charge in [0, 0.05) is 7.05 Å². The van der Waals surface area contributed by atoms with E-state index in [-0.39, 0.29) is 0 Å². The molecule has 13 heavy (non-hydrogen) atoms. The SMILES string of the molecule is CO[N+]1=Cc2ccccc2N(C)C1. The molecule has 0 fully saturated rings. The Morgan fingerprint density at radius 1 is 1.38 bits per heavy atom. The maximum Gasteiger partial charge on any atom is 0.267 e. The highest BCUT2D eigenvalue weighted by Crippen LogP contribution is 2.19. The van der Waals surface area contributed by atoms with Crippen LogP contribution >= 0.6 is 0 Å². The minimum atomic E-state index is 0.771. The van der Waals surface area contributed by atoms with Crippen molar-refractivity contribution in [3.05, 3.63) is 29.8 Å². The van der Waals surface area contributed by atoms with Gasteiger partial charge in [-0.1, -0.05) is 12.1 Å². The van der Waals surface area contributed by atoms with E-state index < -0.39 is 0 Å². The van der Waals surface area contributed by atoms with E-state index in [1.54, 1.807) is 7.11 Å². The number of para-hydroxylation sites is 1. The van der Waals surface area contributed by atoms with Crippen LogP contribution in [-0.2, 0) is 4.84 Å². The first-order valence-electron chi connectivity index (χ1n) is 4.27. The lowest BCUT2D eigenvalue weighted by molar-refractivity contribution is -0.776. The Balaban J connectivity index is 2.46. The zero-order valence-electron chi connectivity index (χ0n) is 7.90. The molecular formula is C10H13N2O+. The molecule has 3 heteroatoms. The molecule has 0 radical (unpaired) electrons. The van der Waals surface area contributed by atoms with E-state index in [0.29, 0.717) is 0 Å². The number of hydroxylamine groups is 1. The third-order valence-electron chi connectivity index (χ3n) is 2.22. The summed E-state index contributed by atoms with van der Waals surface area (Å²) in [5, 5.41) is 0. The van der Waals surface area contributed by atoms with Crippen molar-refractivity contribution in [2.45, 2.75) is 0 Å². The lowest BCUT2D eigenvalue weighted by Crippen LogP contribution is -2.33. The first-order valence-corrected chi connectivity index (χ1v) is 4.27. The number of fused-ring (bicyclic) bond motifs is 1. The second-order valence-corrected chi connectivity index (χ2v) is 3.13. The number of hydrogen-bond acceptors (Lipinski definition) is 2. The van der Waals surface area contributed by atoms with E-state index in [0.717, 1.165) is 6.67 Å². The Bertz CT molecular complexity index is 347. The van der Waals surface area contributed by atoms with Gasteiger partial charge in [0.1, 0.15) is 7.11 Å². The quantitative estimate of drug-likeness (QED) is 0.597. The maximum absolute atomic E-state index is 5.15. The van der Waals surface area contributed by atoms with Gasteiger partial charge in [-0.05, 0) is 16.9 Å². The molecule has 1 aromatic carbocycles. The summed E-state index contributed by atoms with van der Waals surface area (Å²) in [4.78, 5) is 7.31. The van der Waals surface area contributed by atoms with Crippen LogP contribution in [0, 0.1) is 0 Å². The van der Waals surface area contributed by atoms with Gasteiger partial charge in [-0.2, -0.15) is 0 Å². The van der Waals surface area contributed by atoms with Gasteiger partial charge in [-0.15, -0.1) is 0 Å². The molecule has 1 heterocycles. The Morgan fingerprint density at radius 3 is 2.92 bits per heavy atom. The lowest BCUT2D eigenvalue weighted by Gasteiger charge is -2.20. The van der Waals surface area contributed by atoms with Gasteiger partial charge in [0.15, 0.2) is 0 Å². The number of benzene rings is 1. The van der Waals surface area contributed by atoms with E-state index >= 15 is 0 Å². The first kappa shape index (κ1) is 8.10. The molecule has 0 amide bonds. The van der Waals surface area contributed by atoms with Crippen molar-refractivity contribution in [1.82, 2.24) is 0 Å². The molecule has 1 aromatic rings. The summed E-state index contributed by atoms with van der Waals surface area (Å²) in [6.07, 6.45) is 2.01. The van der Waals surface area contributed by atoms with Crippen LogP contribution in [0.5, 0.6) is 0 Å². The van der Waals surface area contributed by atoms with E-state index in [1.807, 2.05) is 23.1 Å². The molecule has 0 N–H and O–H groups in total. The predicted molar refractivity (Wildman–Crippen MR) is 52.1 cm³/mol. The zero-order chi connectivity index (χ0) is 9.26. The van der Waals surface area contributed by atoms with Gasteiger partial charge < -0.3 is 4.90 Å². The second-order valence-electron chi connectivity index (χ2n) is 3.13. The van der Waals surface area contributed by atoms with E-state index in [1.165, 1.54) is 11.3 Å². The number of hydrogen-bond donors (Lipinski definition) is 0. The van der Waals surface area contributed by atoms with Gasteiger partial charge in [-0.3, -0.25) is 4.84 Å². The van der Waals surface area contributed by atoms with Gasteiger partial charge >= 0.3 is 0 Å². The summed E-state index contributed by atoms with van der Waals surface area (Å²) in [5.74, 6) is 0. The molecule has 0 saturated carbocycles. The molecule has 0 aromatic heterocycles. The molecule has 3 nitrogen and oxygen atoms in total. The van der Waals surface area contributed by atoms with Gasteiger partial charge in [0.05, 0.1) is 11.3 Å². The van der Waals surface area contributed by atoms with Gasteiger partial charge in [-0.25, -0.2) is 0 Å². The van der Waals surface area contributed by atoms with Crippen molar-refractivity contribution in [2.24, 2.45) is 0 Å². The Hall–Kier alpha value is -1.51. The highest BCUT2D eigenvalue weighted by atomic mass is 16.7. The summed E-state index contributed by atoms with van der Waals surface area (Å²) in [5.41, 5.74) is 2.44. The monoisotopic (exact) mass is 177 g/mol. The van der Waals surface area contributed by atoms with Crippen LogP contribution in [0.3, 0.4) is 0 Å². The fourth-order valence-corrected chi connectivity index (χ4v) is 1.54. The van der Waals surface area contributed by atoms with Crippen LogP contribution in [0.25, 0.3) is 0 Å². The normalized spacial score (nSPS) is 14.9. The molecule has 0 spiro atoms. The second kappa shape index (κ2) is 3.09. The van der Waals surface area contributed by atoms with E-state index in [2.05, 4.69) is 24.1 Å². The molecule has 0 bridgehead atoms. The van der Waals surface area contributed by atoms with Crippen LogP contribution in [0.4, 0.5) is 5.69 Å². The Morgan fingerprint density at radius 2 is 2.15 bits per heavy atom. The van der Waals surface area contributed by atoms with Crippen molar-refractivity contribution in [3.63, 3.8) is 0 Å². The average Bonchev–Trinajstić information content (AvgIpc) is 2.18. The Labute approximate surface area is 77.8 Å². The van der Waals surface area contributed by atoms with Crippen molar-refractivity contribution < 1.29 is 9.58 Å². The van der Waals surface area contributed by atoms with Crippen molar-refractivity contribution in [3.8, 4) is 0 Å². The predicted octanol–water partition coefficient (Wildman–Crippen LogP) is 1.09. The first-order chi connectivity index (χ1) is 6.31. The van der Waals surface area contributed by atoms with E-state index in [9.17, 15) is 0 Å². The fraction of sp³-hybridized carbons (Fsp3) is 0.300.